The van der Waals surface area contributed by atoms with Gasteiger partial charge in [-0.1, -0.05) is 18.2 Å². The molecule has 0 fully saturated rings. The second-order valence-electron chi connectivity index (χ2n) is 6.86. The molecule has 2 amide bonds. The van der Waals surface area contributed by atoms with Crippen molar-refractivity contribution in [2.45, 2.75) is 40.0 Å². The molecule has 0 aliphatic rings. The number of nitrogens with zero attached hydrogens (tertiary/aromatic N) is 2. The SMILES string of the molecule is CCN(CC)c1ccc(NC(=O)CCCC(=O)N(C)c2ccccc2)c(C)c1. The van der Waals surface area contributed by atoms with Crippen LogP contribution in [-0.4, -0.2) is 32.0 Å². The lowest BCUT2D eigenvalue weighted by Crippen LogP contribution is -2.26. The minimum absolute atomic E-state index is 0.0127. The number of amides is 2. The van der Waals surface area contributed by atoms with Crippen molar-refractivity contribution < 1.29 is 9.59 Å². The zero-order valence-corrected chi connectivity index (χ0v) is 17.4. The van der Waals surface area contributed by atoms with E-state index in [1.165, 1.54) is 0 Å². The molecule has 1 N–H and O–H groups in total. The first-order valence-electron chi connectivity index (χ1n) is 9.93. The Morgan fingerprint density at radius 3 is 2.21 bits per heavy atom. The van der Waals surface area contributed by atoms with Gasteiger partial charge in [-0.05, 0) is 63.1 Å². The fourth-order valence-corrected chi connectivity index (χ4v) is 3.15. The molecule has 0 atom stereocenters. The van der Waals surface area contributed by atoms with E-state index in [2.05, 4.69) is 30.1 Å². The number of benzene rings is 2. The van der Waals surface area contributed by atoms with Crippen LogP contribution in [0.25, 0.3) is 0 Å². The van der Waals surface area contributed by atoms with Crippen LogP contribution in [0.2, 0.25) is 0 Å². The van der Waals surface area contributed by atoms with E-state index in [-0.39, 0.29) is 11.8 Å². The number of nitrogens with one attached hydrogen (secondary N) is 1. The van der Waals surface area contributed by atoms with Gasteiger partial charge in [0.05, 0.1) is 0 Å². The Balaban J connectivity index is 1.83. The van der Waals surface area contributed by atoms with Gasteiger partial charge in [0.15, 0.2) is 0 Å². The van der Waals surface area contributed by atoms with Crippen LogP contribution in [0.4, 0.5) is 17.1 Å². The molecule has 28 heavy (non-hydrogen) atoms. The van der Waals surface area contributed by atoms with Crippen molar-refractivity contribution in [1.82, 2.24) is 0 Å². The number of aryl methyl sites for hydroxylation is 1. The highest BCUT2D eigenvalue weighted by atomic mass is 16.2. The molecule has 0 unspecified atom stereocenters. The molecule has 2 rings (SSSR count). The first kappa shape index (κ1) is 21.5. The normalized spacial score (nSPS) is 10.4. The maximum absolute atomic E-state index is 12.3. The van der Waals surface area contributed by atoms with E-state index in [1.54, 1.807) is 11.9 Å². The van der Waals surface area contributed by atoms with E-state index in [1.807, 2.05) is 49.4 Å². The molecule has 0 aliphatic heterocycles. The van der Waals surface area contributed by atoms with Crippen molar-refractivity contribution in [3.8, 4) is 0 Å². The second-order valence-corrected chi connectivity index (χ2v) is 6.86. The van der Waals surface area contributed by atoms with Gasteiger partial charge in [-0.3, -0.25) is 9.59 Å². The summed E-state index contributed by atoms with van der Waals surface area (Å²) in [4.78, 5) is 28.5. The number of carbonyl (C=O) groups excluding carboxylic acids is 2. The summed E-state index contributed by atoms with van der Waals surface area (Å²) in [6.07, 6.45) is 1.20. The van der Waals surface area contributed by atoms with E-state index in [4.69, 9.17) is 0 Å². The topological polar surface area (TPSA) is 52.7 Å². The zero-order valence-electron chi connectivity index (χ0n) is 17.4. The number of anilines is 3. The Morgan fingerprint density at radius 1 is 0.929 bits per heavy atom. The summed E-state index contributed by atoms with van der Waals surface area (Å²) >= 11 is 0. The molecule has 0 saturated carbocycles. The Kier molecular flexibility index (Phi) is 8.05. The molecule has 150 valence electrons. The van der Waals surface area contributed by atoms with Gasteiger partial charge in [0, 0.05) is 50.0 Å². The second kappa shape index (κ2) is 10.5. The van der Waals surface area contributed by atoms with Crippen molar-refractivity contribution in [3.63, 3.8) is 0 Å². The van der Waals surface area contributed by atoms with Crippen LogP contribution in [0.3, 0.4) is 0 Å². The summed E-state index contributed by atoms with van der Waals surface area (Å²) in [5.41, 5.74) is 3.89. The van der Waals surface area contributed by atoms with E-state index >= 15 is 0 Å². The van der Waals surface area contributed by atoms with Crippen LogP contribution >= 0.6 is 0 Å². The minimum atomic E-state index is -0.0612. The van der Waals surface area contributed by atoms with E-state index in [0.29, 0.717) is 19.3 Å². The van der Waals surface area contributed by atoms with Crippen LogP contribution in [-0.2, 0) is 9.59 Å². The quantitative estimate of drug-likeness (QED) is 0.690. The molecule has 2 aromatic rings. The smallest absolute Gasteiger partial charge is 0.226 e. The summed E-state index contributed by atoms with van der Waals surface area (Å²) < 4.78 is 0. The molecular weight excluding hydrogens is 350 g/mol. The van der Waals surface area contributed by atoms with E-state index in [9.17, 15) is 9.59 Å². The first-order chi connectivity index (χ1) is 13.5. The highest BCUT2D eigenvalue weighted by molar-refractivity contribution is 5.94. The van der Waals surface area contributed by atoms with E-state index < -0.39 is 0 Å². The molecule has 0 radical (unpaired) electrons. The molecule has 0 spiro atoms. The lowest BCUT2D eigenvalue weighted by Gasteiger charge is -2.22. The third-order valence-electron chi connectivity index (χ3n) is 4.92. The zero-order chi connectivity index (χ0) is 20.5. The highest BCUT2D eigenvalue weighted by Gasteiger charge is 2.12. The minimum Gasteiger partial charge on any atom is -0.372 e. The lowest BCUT2D eigenvalue weighted by molar-refractivity contribution is -0.118. The summed E-state index contributed by atoms with van der Waals surface area (Å²) in [5.74, 6) is -0.0485. The van der Waals surface area contributed by atoms with Crippen LogP contribution < -0.4 is 15.1 Å². The molecular formula is C23H31N3O2. The summed E-state index contributed by atoms with van der Waals surface area (Å²) in [6.45, 7) is 8.16. The maximum atomic E-state index is 12.3. The highest BCUT2D eigenvalue weighted by Crippen LogP contribution is 2.23. The van der Waals surface area contributed by atoms with Crippen molar-refractivity contribution in [2.24, 2.45) is 0 Å². The monoisotopic (exact) mass is 381 g/mol. The largest absolute Gasteiger partial charge is 0.372 e. The van der Waals surface area contributed by atoms with Gasteiger partial charge in [-0.15, -0.1) is 0 Å². The standard InChI is InChI=1S/C23H31N3O2/c1-5-26(6-2)20-15-16-21(18(3)17-20)24-22(27)13-10-14-23(28)25(4)19-11-8-7-9-12-19/h7-9,11-12,15-17H,5-6,10,13-14H2,1-4H3,(H,24,27). The summed E-state index contributed by atoms with van der Waals surface area (Å²) in [7, 11) is 1.76. The van der Waals surface area contributed by atoms with Crippen LogP contribution in [0, 0.1) is 6.92 Å². The Bertz CT molecular complexity index is 786. The third-order valence-corrected chi connectivity index (χ3v) is 4.92. The van der Waals surface area contributed by atoms with Crippen molar-refractivity contribution in [2.75, 3.05) is 35.3 Å². The lowest BCUT2D eigenvalue weighted by atomic mass is 10.1. The Morgan fingerprint density at radius 2 is 1.61 bits per heavy atom. The molecule has 0 aromatic heterocycles. The fourth-order valence-electron chi connectivity index (χ4n) is 3.15. The fraction of sp³-hybridized carbons (Fsp3) is 0.391. The number of hydrogen-bond donors (Lipinski definition) is 1. The summed E-state index contributed by atoms with van der Waals surface area (Å²) in [6, 6.07) is 15.6. The van der Waals surface area contributed by atoms with Crippen LogP contribution in [0.5, 0.6) is 0 Å². The van der Waals surface area contributed by atoms with Gasteiger partial charge in [-0.25, -0.2) is 0 Å². The molecule has 2 aromatic carbocycles. The number of rotatable bonds is 9. The number of hydrogen-bond acceptors (Lipinski definition) is 3. The Labute approximate surface area is 168 Å². The van der Waals surface area contributed by atoms with Gasteiger partial charge < -0.3 is 15.1 Å². The molecule has 0 heterocycles. The predicted octanol–water partition coefficient (Wildman–Crippen LogP) is 4.61. The molecule has 0 aliphatic carbocycles. The molecule has 0 saturated heterocycles. The average Bonchev–Trinajstić information content (AvgIpc) is 2.71. The van der Waals surface area contributed by atoms with Crippen LogP contribution in [0.1, 0.15) is 38.7 Å². The van der Waals surface area contributed by atoms with Gasteiger partial charge in [0.25, 0.3) is 0 Å². The molecule has 0 bridgehead atoms. The van der Waals surface area contributed by atoms with Crippen LogP contribution in [0.15, 0.2) is 48.5 Å². The van der Waals surface area contributed by atoms with Gasteiger partial charge >= 0.3 is 0 Å². The van der Waals surface area contributed by atoms with E-state index in [0.717, 1.165) is 35.7 Å². The van der Waals surface area contributed by atoms with Crippen molar-refractivity contribution in [3.05, 3.63) is 54.1 Å². The molecule has 5 heteroatoms. The van der Waals surface area contributed by atoms with Crippen molar-refractivity contribution >= 4 is 28.9 Å². The first-order valence-corrected chi connectivity index (χ1v) is 9.93. The average molecular weight is 382 g/mol. The Hall–Kier alpha value is -2.82. The van der Waals surface area contributed by atoms with Gasteiger partial charge in [0.1, 0.15) is 0 Å². The summed E-state index contributed by atoms with van der Waals surface area (Å²) in [5, 5.41) is 2.96. The van der Waals surface area contributed by atoms with Gasteiger partial charge in [0.2, 0.25) is 11.8 Å². The third kappa shape index (κ3) is 5.84. The van der Waals surface area contributed by atoms with Crippen molar-refractivity contribution in [1.29, 1.82) is 0 Å². The van der Waals surface area contributed by atoms with Gasteiger partial charge in [-0.2, -0.15) is 0 Å². The number of para-hydroxylation sites is 1. The maximum Gasteiger partial charge on any atom is 0.226 e. The predicted molar refractivity (Wildman–Crippen MR) is 117 cm³/mol. The number of carbonyl (C=O) groups is 2. The molecule has 5 nitrogen and oxygen atoms in total.